The van der Waals surface area contributed by atoms with Crippen molar-refractivity contribution >= 4 is 5.84 Å². The summed E-state index contributed by atoms with van der Waals surface area (Å²) in [7, 11) is 0. The van der Waals surface area contributed by atoms with Crippen LogP contribution < -0.4 is 0 Å². The van der Waals surface area contributed by atoms with Gasteiger partial charge in [0.2, 0.25) is 0 Å². The molecule has 0 aliphatic carbocycles. The van der Waals surface area contributed by atoms with Gasteiger partial charge < -0.3 is 15.1 Å². The first kappa shape index (κ1) is 12.4. The van der Waals surface area contributed by atoms with E-state index >= 15 is 0 Å². The molecule has 4 heteroatoms. The van der Waals surface area contributed by atoms with Gasteiger partial charge in [-0.1, -0.05) is 36.4 Å². The minimum absolute atomic E-state index is 0.237. The van der Waals surface area contributed by atoms with Gasteiger partial charge in [0, 0.05) is 24.1 Å². The van der Waals surface area contributed by atoms with E-state index in [1.807, 2.05) is 41.3 Å². The lowest BCUT2D eigenvalue weighted by molar-refractivity contribution is -0.0637. The summed E-state index contributed by atoms with van der Waals surface area (Å²) >= 11 is 0. The van der Waals surface area contributed by atoms with Crippen LogP contribution in [0, 0.1) is 0 Å². The Morgan fingerprint density at radius 3 is 2.67 bits per heavy atom. The average molecular weight is 280 g/mol. The lowest BCUT2D eigenvalue weighted by atomic mass is 9.94. The third-order valence-electron chi connectivity index (χ3n) is 4.27. The van der Waals surface area contributed by atoms with E-state index in [9.17, 15) is 10.2 Å². The molecule has 0 bridgehead atoms. The van der Waals surface area contributed by atoms with E-state index in [0.29, 0.717) is 6.42 Å². The van der Waals surface area contributed by atoms with Crippen molar-refractivity contribution < 1.29 is 10.2 Å². The fourth-order valence-electron chi connectivity index (χ4n) is 3.30. The van der Waals surface area contributed by atoms with Crippen molar-refractivity contribution in [2.75, 3.05) is 13.1 Å². The first-order chi connectivity index (χ1) is 10.2. The molecule has 2 heterocycles. The van der Waals surface area contributed by atoms with Gasteiger partial charge in [0.15, 0.2) is 5.72 Å². The summed E-state index contributed by atoms with van der Waals surface area (Å²) in [5.41, 5.74) is 1.87. The maximum atomic E-state index is 11.3. The zero-order chi connectivity index (χ0) is 14.4. The maximum absolute atomic E-state index is 11.3. The summed E-state index contributed by atoms with van der Waals surface area (Å²) in [5.74, 6) is 1.13. The summed E-state index contributed by atoms with van der Waals surface area (Å²) in [5, 5.41) is 20.7. The molecule has 0 saturated heterocycles. The Hall–Kier alpha value is -2.33. The molecule has 2 aromatic carbocycles. The van der Waals surface area contributed by atoms with Crippen LogP contribution in [0.3, 0.4) is 0 Å². The lowest BCUT2D eigenvalue weighted by Gasteiger charge is -2.33. The molecule has 2 aromatic rings. The Balaban J connectivity index is 1.79. The minimum atomic E-state index is -1.05. The average Bonchev–Trinajstić information content (AvgIpc) is 3.06. The number of aliphatic hydroxyl groups is 1. The Morgan fingerprint density at radius 1 is 1.10 bits per heavy atom. The number of phenols is 1. The summed E-state index contributed by atoms with van der Waals surface area (Å²) < 4.78 is 0. The Labute approximate surface area is 123 Å². The first-order valence-corrected chi connectivity index (χ1v) is 7.11. The molecule has 1 atom stereocenters. The summed E-state index contributed by atoms with van der Waals surface area (Å²) in [4.78, 5) is 6.52. The monoisotopic (exact) mass is 280 g/mol. The highest BCUT2D eigenvalue weighted by Crippen LogP contribution is 2.41. The fourth-order valence-corrected chi connectivity index (χ4v) is 3.30. The van der Waals surface area contributed by atoms with Crippen molar-refractivity contribution in [3.8, 4) is 5.75 Å². The highest BCUT2D eigenvalue weighted by atomic mass is 16.3. The van der Waals surface area contributed by atoms with Crippen molar-refractivity contribution in [2.24, 2.45) is 4.99 Å². The van der Waals surface area contributed by atoms with E-state index in [2.05, 4.69) is 4.99 Å². The minimum Gasteiger partial charge on any atom is -0.508 e. The van der Waals surface area contributed by atoms with Crippen LogP contribution >= 0.6 is 0 Å². The maximum Gasteiger partial charge on any atom is 0.170 e. The van der Waals surface area contributed by atoms with Crippen LogP contribution in [0.2, 0.25) is 0 Å². The van der Waals surface area contributed by atoms with E-state index in [-0.39, 0.29) is 5.75 Å². The Bertz CT molecular complexity index is 724. The highest BCUT2D eigenvalue weighted by molar-refractivity contribution is 6.04. The largest absolute Gasteiger partial charge is 0.508 e. The highest BCUT2D eigenvalue weighted by Gasteiger charge is 2.48. The molecular weight excluding hydrogens is 264 g/mol. The number of rotatable bonds is 2. The number of amidine groups is 1. The second kappa shape index (κ2) is 4.33. The molecule has 106 valence electrons. The van der Waals surface area contributed by atoms with E-state index in [1.54, 1.807) is 12.1 Å². The predicted octanol–water partition coefficient (Wildman–Crippen LogP) is 1.86. The quantitative estimate of drug-likeness (QED) is 0.883. The molecule has 1 unspecified atom stereocenters. The Morgan fingerprint density at radius 2 is 1.86 bits per heavy atom. The van der Waals surface area contributed by atoms with Crippen molar-refractivity contribution in [1.29, 1.82) is 0 Å². The molecule has 0 amide bonds. The number of nitrogens with zero attached hydrogens (tertiary/aromatic N) is 2. The molecule has 0 saturated carbocycles. The van der Waals surface area contributed by atoms with Crippen LogP contribution in [0.15, 0.2) is 53.5 Å². The van der Waals surface area contributed by atoms with Gasteiger partial charge in [-0.15, -0.1) is 0 Å². The van der Waals surface area contributed by atoms with E-state index in [0.717, 1.165) is 35.6 Å². The Kier molecular flexibility index (Phi) is 2.56. The third kappa shape index (κ3) is 1.76. The van der Waals surface area contributed by atoms with Gasteiger partial charge in [-0.05, 0) is 17.7 Å². The van der Waals surface area contributed by atoms with Crippen molar-refractivity contribution in [3.05, 3.63) is 65.2 Å². The third-order valence-corrected chi connectivity index (χ3v) is 4.27. The lowest BCUT2D eigenvalue weighted by Crippen LogP contribution is -2.44. The topological polar surface area (TPSA) is 56.1 Å². The molecule has 0 radical (unpaired) electrons. The molecule has 21 heavy (non-hydrogen) atoms. The number of fused-ring (bicyclic) bond motifs is 3. The zero-order valence-electron chi connectivity index (χ0n) is 11.5. The molecular formula is C17H16N2O2. The van der Waals surface area contributed by atoms with Crippen LogP contribution in [0.1, 0.15) is 16.7 Å². The second-order valence-corrected chi connectivity index (χ2v) is 5.56. The molecule has 2 N–H and O–H groups in total. The molecule has 4 nitrogen and oxygen atoms in total. The smallest absolute Gasteiger partial charge is 0.170 e. The standard InChI is InChI=1S/C17H16N2O2/c20-13-7-5-12(6-8-13)11-17(21)15-4-2-1-3-14(15)16-18-9-10-19(16)17/h1-8,20-21H,9-11H2. The molecule has 2 aliphatic heterocycles. The zero-order valence-corrected chi connectivity index (χ0v) is 11.5. The molecule has 2 aliphatic rings. The summed E-state index contributed by atoms with van der Waals surface area (Å²) in [6.07, 6.45) is 0.476. The number of aromatic hydroxyl groups is 1. The molecule has 0 aromatic heterocycles. The first-order valence-electron chi connectivity index (χ1n) is 7.11. The van der Waals surface area contributed by atoms with E-state index in [4.69, 9.17) is 0 Å². The number of aliphatic imine (C=N–C) groups is 1. The number of hydrogen-bond acceptors (Lipinski definition) is 4. The van der Waals surface area contributed by atoms with Gasteiger partial charge in [0.25, 0.3) is 0 Å². The SMILES string of the molecule is Oc1ccc(CC2(O)c3ccccc3C3=NCCN32)cc1. The number of benzene rings is 2. The van der Waals surface area contributed by atoms with Crippen molar-refractivity contribution in [2.45, 2.75) is 12.1 Å². The van der Waals surface area contributed by atoms with E-state index in [1.165, 1.54) is 0 Å². The molecule has 4 rings (SSSR count). The van der Waals surface area contributed by atoms with Crippen LogP contribution in [0.5, 0.6) is 5.75 Å². The van der Waals surface area contributed by atoms with Crippen molar-refractivity contribution in [3.63, 3.8) is 0 Å². The van der Waals surface area contributed by atoms with Crippen molar-refractivity contribution in [1.82, 2.24) is 4.90 Å². The number of hydrogen-bond donors (Lipinski definition) is 2. The van der Waals surface area contributed by atoms with Gasteiger partial charge in [0.1, 0.15) is 11.6 Å². The van der Waals surface area contributed by atoms with Gasteiger partial charge in [-0.3, -0.25) is 4.99 Å². The summed E-state index contributed by atoms with van der Waals surface area (Å²) in [6.45, 7) is 1.46. The van der Waals surface area contributed by atoms with Gasteiger partial charge in [-0.25, -0.2) is 0 Å². The van der Waals surface area contributed by atoms with Crippen LogP contribution in [0.25, 0.3) is 0 Å². The normalized spacial score (nSPS) is 22.9. The fraction of sp³-hybridized carbons (Fsp3) is 0.235. The van der Waals surface area contributed by atoms with Gasteiger partial charge in [-0.2, -0.15) is 0 Å². The second-order valence-electron chi connectivity index (χ2n) is 5.56. The molecule has 0 fully saturated rings. The van der Waals surface area contributed by atoms with Crippen LogP contribution in [-0.2, 0) is 12.1 Å². The van der Waals surface area contributed by atoms with Gasteiger partial charge in [0.05, 0.1) is 6.54 Å². The van der Waals surface area contributed by atoms with Gasteiger partial charge >= 0.3 is 0 Å². The summed E-state index contributed by atoms with van der Waals surface area (Å²) in [6, 6.07) is 14.9. The van der Waals surface area contributed by atoms with Crippen LogP contribution in [-0.4, -0.2) is 34.0 Å². The number of phenolic OH excluding ortho intramolecular Hbond substituents is 1. The van der Waals surface area contributed by atoms with E-state index < -0.39 is 5.72 Å². The molecule has 0 spiro atoms. The van der Waals surface area contributed by atoms with Crippen LogP contribution in [0.4, 0.5) is 0 Å². The predicted molar refractivity (Wildman–Crippen MR) is 80.3 cm³/mol.